The molecule has 1 aliphatic rings. The SMILES string of the molecule is CC(O)c1ccnc(N2CCCc3ccccc3C2)c1. The molecule has 1 unspecified atom stereocenters. The zero-order chi connectivity index (χ0) is 13.9. The highest BCUT2D eigenvalue weighted by Crippen LogP contribution is 2.24. The summed E-state index contributed by atoms with van der Waals surface area (Å²) in [6.45, 7) is 3.69. The Bertz CT molecular complexity index is 595. The molecule has 1 aliphatic heterocycles. The van der Waals surface area contributed by atoms with Gasteiger partial charge < -0.3 is 10.0 Å². The summed E-state index contributed by atoms with van der Waals surface area (Å²) in [5, 5.41) is 9.71. The third-order valence-corrected chi connectivity index (χ3v) is 3.93. The van der Waals surface area contributed by atoms with Gasteiger partial charge in [-0.15, -0.1) is 0 Å². The Kier molecular flexibility index (Phi) is 3.70. The molecule has 0 radical (unpaired) electrons. The largest absolute Gasteiger partial charge is 0.389 e. The number of anilines is 1. The number of hydrogen-bond acceptors (Lipinski definition) is 3. The highest BCUT2D eigenvalue weighted by atomic mass is 16.3. The molecule has 1 aromatic carbocycles. The first-order chi connectivity index (χ1) is 9.74. The summed E-state index contributed by atoms with van der Waals surface area (Å²) in [5.74, 6) is 0.958. The van der Waals surface area contributed by atoms with Crippen LogP contribution in [-0.4, -0.2) is 16.6 Å². The third kappa shape index (κ3) is 2.68. The Balaban J connectivity index is 1.89. The van der Waals surface area contributed by atoms with Crippen molar-refractivity contribution in [2.75, 3.05) is 11.4 Å². The van der Waals surface area contributed by atoms with E-state index in [9.17, 15) is 5.11 Å². The molecule has 0 fully saturated rings. The first-order valence-electron chi connectivity index (χ1n) is 7.20. The first kappa shape index (κ1) is 13.1. The van der Waals surface area contributed by atoms with E-state index in [1.54, 1.807) is 13.1 Å². The molecule has 1 aromatic heterocycles. The molecule has 3 nitrogen and oxygen atoms in total. The Labute approximate surface area is 119 Å². The Morgan fingerprint density at radius 2 is 2.00 bits per heavy atom. The molecule has 3 rings (SSSR count). The maximum Gasteiger partial charge on any atom is 0.129 e. The summed E-state index contributed by atoms with van der Waals surface area (Å²) >= 11 is 0. The summed E-state index contributed by atoms with van der Waals surface area (Å²) in [7, 11) is 0. The van der Waals surface area contributed by atoms with Crippen LogP contribution in [0, 0.1) is 0 Å². The van der Waals surface area contributed by atoms with Gasteiger partial charge in [-0.1, -0.05) is 24.3 Å². The number of hydrogen-bond donors (Lipinski definition) is 1. The second-order valence-electron chi connectivity index (χ2n) is 5.42. The average Bonchev–Trinajstić information content (AvgIpc) is 2.69. The van der Waals surface area contributed by atoms with Crippen molar-refractivity contribution in [3.63, 3.8) is 0 Å². The van der Waals surface area contributed by atoms with Gasteiger partial charge in [0.1, 0.15) is 5.82 Å². The van der Waals surface area contributed by atoms with Crippen LogP contribution in [0.1, 0.15) is 36.1 Å². The standard InChI is InChI=1S/C17H20N2O/c1-13(20)15-8-9-18-17(11-15)19-10-4-7-14-5-2-3-6-16(14)12-19/h2-3,5-6,8-9,11,13,20H,4,7,10,12H2,1H3. The van der Waals surface area contributed by atoms with E-state index in [1.165, 1.54) is 11.1 Å². The van der Waals surface area contributed by atoms with E-state index in [4.69, 9.17) is 0 Å². The second kappa shape index (κ2) is 5.63. The zero-order valence-corrected chi connectivity index (χ0v) is 11.8. The van der Waals surface area contributed by atoms with Gasteiger partial charge >= 0.3 is 0 Å². The zero-order valence-electron chi connectivity index (χ0n) is 11.8. The minimum atomic E-state index is -0.448. The second-order valence-corrected chi connectivity index (χ2v) is 5.42. The first-order valence-corrected chi connectivity index (χ1v) is 7.20. The van der Waals surface area contributed by atoms with E-state index in [0.29, 0.717) is 0 Å². The fourth-order valence-corrected chi connectivity index (χ4v) is 2.76. The van der Waals surface area contributed by atoms with Gasteiger partial charge in [0.05, 0.1) is 6.10 Å². The van der Waals surface area contributed by atoms with E-state index in [0.717, 1.165) is 37.3 Å². The van der Waals surface area contributed by atoms with Crippen LogP contribution in [-0.2, 0) is 13.0 Å². The summed E-state index contributed by atoms with van der Waals surface area (Å²) in [4.78, 5) is 6.78. The Hall–Kier alpha value is -1.87. The van der Waals surface area contributed by atoms with Crippen molar-refractivity contribution in [2.45, 2.75) is 32.4 Å². The van der Waals surface area contributed by atoms with Gasteiger partial charge in [-0.3, -0.25) is 0 Å². The minimum absolute atomic E-state index is 0.448. The lowest BCUT2D eigenvalue weighted by molar-refractivity contribution is 0.199. The van der Waals surface area contributed by atoms with E-state index in [-0.39, 0.29) is 0 Å². The van der Waals surface area contributed by atoms with Crippen molar-refractivity contribution in [1.82, 2.24) is 4.98 Å². The quantitative estimate of drug-likeness (QED) is 0.909. The van der Waals surface area contributed by atoms with Crippen LogP contribution < -0.4 is 4.90 Å². The predicted octanol–water partition coefficient (Wildman–Crippen LogP) is 3.09. The molecular formula is C17H20N2O. The van der Waals surface area contributed by atoms with Crippen LogP contribution in [0.25, 0.3) is 0 Å². The highest BCUT2D eigenvalue weighted by Gasteiger charge is 2.16. The van der Waals surface area contributed by atoms with E-state index in [1.807, 2.05) is 12.1 Å². The number of rotatable bonds is 2. The van der Waals surface area contributed by atoms with Gasteiger partial charge in [-0.2, -0.15) is 0 Å². The number of aryl methyl sites for hydroxylation is 1. The molecule has 104 valence electrons. The molecule has 0 saturated heterocycles. The van der Waals surface area contributed by atoms with Gasteiger partial charge in [0.25, 0.3) is 0 Å². The van der Waals surface area contributed by atoms with Crippen molar-refractivity contribution < 1.29 is 5.11 Å². The summed E-state index contributed by atoms with van der Waals surface area (Å²) in [6, 6.07) is 12.5. The molecule has 2 heterocycles. The Morgan fingerprint density at radius 3 is 2.80 bits per heavy atom. The van der Waals surface area contributed by atoms with Crippen LogP contribution in [0.5, 0.6) is 0 Å². The molecule has 3 heteroatoms. The fourth-order valence-electron chi connectivity index (χ4n) is 2.76. The van der Waals surface area contributed by atoms with Gasteiger partial charge in [0, 0.05) is 19.3 Å². The number of aliphatic hydroxyl groups excluding tert-OH is 1. The van der Waals surface area contributed by atoms with E-state index >= 15 is 0 Å². The summed E-state index contributed by atoms with van der Waals surface area (Å²) < 4.78 is 0. The number of fused-ring (bicyclic) bond motifs is 1. The third-order valence-electron chi connectivity index (χ3n) is 3.93. The molecular weight excluding hydrogens is 248 g/mol. The van der Waals surface area contributed by atoms with Crippen LogP contribution in [0.4, 0.5) is 5.82 Å². The highest BCUT2D eigenvalue weighted by molar-refractivity contribution is 5.44. The van der Waals surface area contributed by atoms with Crippen LogP contribution in [0.3, 0.4) is 0 Å². The Morgan fingerprint density at radius 1 is 1.20 bits per heavy atom. The number of aliphatic hydroxyl groups is 1. The predicted molar refractivity (Wildman–Crippen MR) is 80.7 cm³/mol. The molecule has 2 aromatic rings. The number of nitrogens with zero attached hydrogens (tertiary/aromatic N) is 2. The van der Waals surface area contributed by atoms with Crippen molar-refractivity contribution in [2.24, 2.45) is 0 Å². The summed E-state index contributed by atoms with van der Waals surface area (Å²) in [5.41, 5.74) is 3.75. The fraction of sp³-hybridized carbons (Fsp3) is 0.353. The molecule has 0 amide bonds. The normalized spacial score (nSPS) is 16.4. The van der Waals surface area contributed by atoms with Gasteiger partial charge in [0.15, 0.2) is 0 Å². The lowest BCUT2D eigenvalue weighted by Crippen LogP contribution is -2.23. The smallest absolute Gasteiger partial charge is 0.129 e. The number of pyridine rings is 1. The minimum Gasteiger partial charge on any atom is -0.389 e. The van der Waals surface area contributed by atoms with Crippen LogP contribution >= 0.6 is 0 Å². The van der Waals surface area contributed by atoms with E-state index in [2.05, 4.69) is 34.1 Å². The molecule has 0 spiro atoms. The molecule has 1 atom stereocenters. The summed E-state index contributed by atoms with van der Waals surface area (Å²) in [6.07, 6.45) is 3.60. The molecule has 20 heavy (non-hydrogen) atoms. The van der Waals surface area contributed by atoms with Crippen molar-refractivity contribution in [3.8, 4) is 0 Å². The maximum atomic E-state index is 9.71. The van der Waals surface area contributed by atoms with Gasteiger partial charge in [0.2, 0.25) is 0 Å². The van der Waals surface area contributed by atoms with Gasteiger partial charge in [-0.25, -0.2) is 4.98 Å². The lowest BCUT2D eigenvalue weighted by atomic mass is 10.0. The molecule has 0 aliphatic carbocycles. The number of benzene rings is 1. The van der Waals surface area contributed by atoms with Crippen molar-refractivity contribution in [1.29, 1.82) is 0 Å². The lowest BCUT2D eigenvalue weighted by Gasteiger charge is -2.22. The average molecular weight is 268 g/mol. The van der Waals surface area contributed by atoms with Crippen LogP contribution in [0.2, 0.25) is 0 Å². The topological polar surface area (TPSA) is 36.4 Å². The maximum absolute atomic E-state index is 9.71. The molecule has 1 N–H and O–H groups in total. The molecule has 0 saturated carbocycles. The van der Waals surface area contributed by atoms with E-state index < -0.39 is 6.10 Å². The monoisotopic (exact) mass is 268 g/mol. The van der Waals surface area contributed by atoms with Crippen molar-refractivity contribution >= 4 is 5.82 Å². The van der Waals surface area contributed by atoms with Gasteiger partial charge in [-0.05, 0) is 48.6 Å². The number of aromatic nitrogens is 1. The van der Waals surface area contributed by atoms with Crippen molar-refractivity contribution in [3.05, 3.63) is 59.3 Å². The van der Waals surface area contributed by atoms with Crippen LogP contribution in [0.15, 0.2) is 42.6 Å². The molecule has 0 bridgehead atoms.